The zero-order valence-electron chi connectivity index (χ0n) is 12.4. The standard InChI is InChI=1S/C19H25N/c1-20-19(16-15-18-11-6-3-7-12-18)14-8-13-17-9-4-2-5-10-17/h2-7,9-12,19-20H,8,13-16H2,1H3. The minimum atomic E-state index is 0.624. The summed E-state index contributed by atoms with van der Waals surface area (Å²) in [6.07, 6.45) is 6.07. The number of hydrogen-bond acceptors (Lipinski definition) is 1. The van der Waals surface area contributed by atoms with Crippen LogP contribution in [0.25, 0.3) is 0 Å². The van der Waals surface area contributed by atoms with Gasteiger partial charge in [-0.2, -0.15) is 0 Å². The summed E-state index contributed by atoms with van der Waals surface area (Å²) >= 11 is 0. The molecule has 2 aromatic carbocycles. The fourth-order valence-electron chi connectivity index (χ4n) is 2.62. The van der Waals surface area contributed by atoms with E-state index in [1.165, 1.54) is 36.8 Å². The maximum atomic E-state index is 3.46. The highest BCUT2D eigenvalue weighted by atomic mass is 14.9. The molecule has 1 atom stereocenters. The Morgan fingerprint density at radius 1 is 0.750 bits per heavy atom. The molecule has 1 unspecified atom stereocenters. The summed E-state index contributed by atoms with van der Waals surface area (Å²) in [5.74, 6) is 0. The molecule has 106 valence electrons. The zero-order chi connectivity index (χ0) is 14.0. The number of hydrogen-bond donors (Lipinski definition) is 1. The van der Waals surface area contributed by atoms with Gasteiger partial charge >= 0.3 is 0 Å². The van der Waals surface area contributed by atoms with E-state index in [1.54, 1.807) is 0 Å². The van der Waals surface area contributed by atoms with Gasteiger partial charge in [0.1, 0.15) is 0 Å². The van der Waals surface area contributed by atoms with Crippen LogP contribution in [0.3, 0.4) is 0 Å². The minimum Gasteiger partial charge on any atom is -0.317 e. The fraction of sp³-hybridized carbons (Fsp3) is 0.368. The molecule has 2 aromatic rings. The van der Waals surface area contributed by atoms with Gasteiger partial charge in [0.2, 0.25) is 0 Å². The van der Waals surface area contributed by atoms with Crippen molar-refractivity contribution in [2.24, 2.45) is 0 Å². The molecule has 1 nitrogen and oxygen atoms in total. The highest BCUT2D eigenvalue weighted by molar-refractivity contribution is 5.15. The third kappa shape index (κ3) is 5.18. The maximum absolute atomic E-state index is 3.46. The second-order valence-electron chi connectivity index (χ2n) is 5.39. The number of nitrogens with one attached hydrogen (secondary N) is 1. The minimum absolute atomic E-state index is 0.624. The normalized spacial score (nSPS) is 12.2. The van der Waals surface area contributed by atoms with Gasteiger partial charge in [-0.05, 0) is 50.3 Å². The van der Waals surface area contributed by atoms with Crippen molar-refractivity contribution in [2.75, 3.05) is 7.05 Å². The second kappa shape index (κ2) is 8.55. The van der Waals surface area contributed by atoms with Crippen molar-refractivity contribution in [1.29, 1.82) is 0 Å². The van der Waals surface area contributed by atoms with Crippen LogP contribution in [0.2, 0.25) is 0 Å². The molecular formula is C19H25N. The maximum Gasteiger partial charge on any atom is 0.00673 e. The van der Waals surface area contributed by atoms with Crippen LogP contribution in [0.1, 0.15) is 30.4 Å². The fourth-order valence-corrected chi connectivity index (χ4v) is 2.62. The van der Waals surface area contributed by atoms with Crippen LogP contribution >= 0.6 is 0 Å². The first-order valence-corrected chi connectivity index (χ1v) is 7.63. The molecule has 0 aliphatic rings. The van der Waals surface area contributed by atoms with Crippen molar-refractivity contribution in [3.8, 4) is 0 Å². The van der Waals surface area contributed by atoms with Crippen molar-refractivity contribution in [3.63, 3.8) is 0 Å². The van der Waals surface area contributed by atoms with E-state index >= 15 is 0 Å². The van der Waals surface area contributed by atoms with Gasteiger partial charge in [0.05, 0.1) is 0 Å². The van der Waals surface area contributed by atoms with E-state index in [1.807, 2.05) is 0 Å². The average molecular weight is 267 g/mol. The lowest BCUT2D eigenvalue weighted by atomic mass is 9.99. The Bertz CT molecular complexity index is 464. The quantitative estimate of drug-likeness (QED) is 0.754. The first kappa shape index (κ1) is 14.8. The smallest absolute Gasteiger partial charge is 0.00673 e. The van der Waals surface area contributed by atoms with Gasteiger partial charge in [-0.15, -0.1) is 0 Å². The van der Waals surface area contributed by atoms with Gasteiger partial charge < -0.3 is 5.32 Å². The van der Waals surface area contributed by atoms with Gasteiger partial charge in [0.25, 0.3) is 0 Å². The van der Waals surface area contributed by atoms with Crippen LogP contribution in [0, 0.1) is 0 Å². The molecule has 0 amide bonds. The van der Waals surface area contributed by atoms with Gasteiger partial charge in [-0.3, -0.25) is 0 Å². The SMILES string of the molecule is CNC(CCCc1ccccc1)CCc1ccccc1. The molecule has 0 spiro atoms. The van der Waals surface area contributed by atoms with Gasteiger partial charge in [0.15, 0.2) is 0 Å². The molecule has 0 aliphatic carbocycles. The molecule has 0 aromatic heterocycles. The van der Waals surface area contributed by atoms with E-state index in [0.717, 1.165) is 6.42 Å². The molecule has 0 saturated heterocycles. The van der Waals surface area contributed by atoms with Crippen molar-refractivity contribution in [3.05, 3.63) is 71.8 Å². The van der Waals surface area contributed by atoms with Gasteiger partial charge in [-0.1, -0.05) is 60.7 Å². The zero-order valence-corrected chi connectivity index (χ0v) is 12.4. The Balaban J connectivity index is 1.70. The molecule has 0 aliphatic heterocycles. The first-order chi connectivity index (χ1) is 9.88. The monoisotopic (exact) mass is 267 g/mol. The second-order valence-corrected chi connectivity index (χ2v) is 5.39. The Labute approximate surface area is 123 Å². The number of benzene rings is 2. The molecule has 20 heavy (non-hydrogen) atoms. The predicted molar refractivity (Wildman–Crippen MR) is 87.0 cm³/mol. The lowest BCUT2D eigenvalue weighted by molar-refractivity contribution is 0.474. The van der Waals surface area contributed by atoms with E-state index in [0.29, 0.717) is 6.04 Å². The third-order valence-electron chi connectivity index (χ3n) is 3.89. The molecule has 0 radical (unpaired) electrons. The summed E-state index contributed by atoms with van der Waals surface area (Å²) in [5.41, 5.74) is 2.89. The molecule has 0 bridgehead atoms. The van der Waals surface area contributed by atoms with Gasteiger partial charge in [0, 0.05) is 6.04 Å². The van der Waals surface area contributed by atoms with Crippen molar-refractivity contribution in [1.82, 2.24) is 5.32 Å². The molecule has 0 saturated carbocycles. The van der Waals surface area contributed by atoms with E-state index in [9.17, 15) is 0 Å². The van der Waals surface area contributed by atoms with E-state index in [2.05, 4.69) is 73.0 Å². The predicted octanol–water partition coefficient (Wildman–Crippen LogP) is 4.23. The lowest BCUT2D eigenvalue weighted by Gasteiger charge is -2.16. The Kier molecular flexibility index (Phi) is 6.33. The lowest BCUT2D eigenvalue weighted by Crippen LogP contribution is -2.25. The van der Waals surface area contributed by atoms with Crippen molar-refractivity contribution in [2.45, 2.75) is 38.1 Å². The van der Waals surface area contributed by atoms with Crippen LogP contribution < -0.4 is 5.32 Å². The largest absolute Gasteiger partial charge is 0.317 e. The van der Waals surface area contributed by atoms with Gasteiger partial charge in [-0.25, -0.2) is 0 Å². The highest BCUT2D eigenvalue weighted by Gasteiger charge is 2.06. The molecule has 1 heteroatoms. The topological polar surface area (TPSA) is 12.0 Å². The number of rotatable bonds is 8. The van der Waals surface area contributed by atoms with Crippen LogP contribution in [0.5, 0.6) is 0 Å². The van der Waals surface area contributed by atoms with Crippen LogP contribution in [0.4, 0.5) is 0 Å². The Hall–Kier alpha value is -1.60. The summed E-state index contributed by atoms with van der Waals surface area (Å²) in [4.78, 5) is 0. The van der Waals surface area contributed by atoms with E-state index in [-0.39, 0.29) is 0 Å². The Morgan fingerprint density at radius 2 is 1.30 bits per heavy atom. The average Bonchev–Trinajstić information content (AvgIpc) is 2.52. The van der Waals surface area contributed by atoms with E-state index < -0.39 is 0 Å². The van der Waals surface area contributed by atoms with Crippen molar-refractivity contribution < 1.29 is 0 Å². The summed E-state index contributed by atoms with van der Waals surface area (Å²) in [5, 5.41) is 3.46. The highest BCUT2D eigenvalue weighted by Crippen LogP contribution is 2.11. The third-order valence-corrected chi connectivity index (χ3v) is 3.89. The summed E-state index contributed by atoms with van der Waals surface area (Å²) < 4.78 is 0. The van der Waals surface area contributed by atoms with Crippen molar-refractivity contribution >= 4 is 0 Å². The number of aryl methyl sites for hydroxylation is 2. The van der Waals surface area contributed by atoms with Crippen LogP contribution in [-0.4, -0.2) is 13.1 Å². The Morgan fingerprint density at radius 3 is 1.85 bits per heavy atom. The first-order valence-electron chi connectivity index (χ1n) is 7.63. The van der Waals surface area contributed by atoms with Crippen LogP contribution in [0.15, 0.2) is 60.7 Å². The summed E-state index contributed by atoms with van der Waals surface area (Å²) in [6, 6.07) is 22.2. The molecule has 0 fully saturated rings. The van der Waals surface area contributed by atoms with E-state index in [4.69, 9.17) is 0 Å². The molecular weight excluding hydrogens is 242 g/mol. The summed E-state index contributed by atoms with van der Waals surface area (Å²) in [7, 11) is 2.08. The molecule has 1 N–H and O–H groups in total. The summed E-state index contributed by atoms with van der Waals surface area (Å²) in [6.45, 7) is 0. The molecule has 0 heterocycles. The molecule has 2 rings (SSSR count). The van der Waals surface area contributed by atoms with Crippen LogP contribution in [-0.2, 0) is 12.8 Å².